The van der Waals surface area contributed by atoms with Crippen molar-refractivity contribution in [2.24, 2.45) is 5.92 Å². The second-order valence-corrected chi connectivity index (χ2v) is 8.17. The molecular formula is C22H32FN3O2. The van der Waals surface area contributed by atoms with E-state index in [-0.39, 0.29) is 17.6 Å². The minimum absolute atomic E-state index is 0.0571. The van der Waals surface area contributed by atoms with Crippen molar-refractivity contribution in [2.45, 2.75) is 45.1 Å². The highest BCUT2D eigenvalue weighted by molar-refractivity contribution is 5.79. The molecule has 28 heavy (non-hydrogen) atoms. The molecule has 0 unspecified atom stereocenters. The molecule has 6 heteroatoms. The smallest absolute Gasteiger partial charge is 0.236 e. The summed E-state index contributed by atoms with van der Waals surface area (Å²) in [7, 11) is 1.78. The fourth-order valence-electron chi connectivity index (χ4n) is 4.15. The van der Waals surface area contributed by atoms with Crippen molar-refractivity contribution in [1.29, 1.82) is 0 Å². The molecule has 2 aliphatic rings. The lowest BCUT2D eigenvalue weighted by Crippen LogP contribution is -2.45. The van der Waals surface area contributed by atoms with Crippen molar-refractivity contribution in [3.05, 3.63) is 35.6 Å². The molecule has 2 saturated heterocycles. The summed E-state index contributed by atoms with van der Waals surface area (Å²) in [5.41, 5.74) is 0.916. The van der Waals surface area contributed by atoms with Gasteiger partial charge in [-0.15, -0.1) is 0 Å². The maximum Gasteiger partial charge on any atom is 0.236 e. The maximum absolute atomic E-state index is 13.0. The first-order valence-electron chi connectivity index (χ1n) is 10.5. The van der Waals surface area contributed by atoms with Crippen molar-refractivity contribution in [2.75, 3.05) is 39.8 Å². The summed E-state index contributed by atoms with van der Waals surface area (Å²) < 4.78 is 13.0. The van der Waals surface area contributed by atoms with Gasteiger partial charge in [-0.25, -0.2) is 4.39 Å². The van der Waals surface area contributed by atoms with Gasteiger partial charge in [0.2, 0.25) is 11.8 Å². The van der Waals surface area contributed by atoms with Crippen LogP contribution in [-0.2, 0) is 16.1 Å². The lowest BCUT2D eigenvalue weighted by atomic mass is 9.95. The molecule has 0 N–H and O–H groups in total. The number of amides is 2. The monoisotopic (exact) mass is 389 g/mol. The van der Waals surface area contributed by atoms with Crippen LogP contribution in [0, 0.1) is 11.7 Å². The average molecular weight is 390 g/mol. The Kier molecular flexibility index (Phi) is 7.43. The third-order valence-corrected chi connectivity index (χ3v) is 5.97. The summed E-state index contributed by atoms with van der Waals surface area (Å²) in [4.78, 5) is 31.2. The first kappa shape index (κ1) is 20.8. The summed E-state index contributed by atoms with van der Waals surface area (Å²) in [6, 6.07) is 6.25. The zero-order chi connectivity index (χ0) is 19.9. The summed E-state index contributed by atoms with van der Waals surface area (Å²) >= 11 is 0. The van der Waals surface area contributed by atoms with Crippen LogP contribution in [0.3, 0.4) is 0 Å². The molecule has 0 saturated carbocycles. The van der Waals surface area contributed by atoms with Gasteiger partial charge in [0, 0.05) is 32.6 Å². The normalized spacial score (nSPS) is 19.3. The lowest BCUT2D eigenvalue weighted by Gasteiger charge is -2.34. The molecule has 1 aromatic carbocycles. The van der Waals surface area contributed by atoms with Crippen LogP contribution in [0.1, 0.15) is 44.1 Å². The van der Waals surface area contributed by atoms with E-state index in [1.807, 2.05) is 0 Å². The summed E-state index contributed by atoms with van der Waals surface area (Å²) in [6.07, 6.45) is 6.39. The topological polar surface area (TPSA) is 43.9 Å². The van der Waals surface area contributed by atoms with Gasteiger partial charge in [-0.05, 0) is 56.5 Å². The summed E-state index contributed by atoms with van der Waals surface area (Å²) in [6.45, 7) is 4.25. The van der Waals surface area contributed by atoms with Gasteiger partial charge in [-0.3, -0.25) is 14.5 Å². The van der Waals surface area contributed by atoms with E-state index in [4.69, 9.17) is 0 Å². The lowest BCUT2D eigenvalue weighted by molar-refractivity contribution is -0.137. The van der Waals surface area contributed by atoms with E-state index in [0.29, 0.717) is 19.0 Å². The molecule has 154 valence electrons. The van der Waals surface area contributed by atoms with Gasteiger partial charge in [-0.2, -0.15) is 0 Å². The maximum atomic E-state index is 13.0. The number of hydrogen-bond acceptors (Lipinski definition) is 3. The number of rotatable bonds is 5. The Hall–Kier alpha value is -1.95. The van der Waals surface area contributed by atoms with Crippen LogP contribution in [0.25, 0.3) is 0 Å². The van der Waals surface area contributed by atoms with Gasteiger partial charge in [0.15, 0.2) is 0 Å². The molecule has 3 rings (SSSR count). The Morgan fingerprint density at radius 1 is 1.00 bits per heavy atom. The minimum Gasteiger partial charge on any atom is -0.342 e. The predicted molar refractivity (Wildman–Crippen MR) is 107 cm³/mol. The van der Waals surface area contributed by atoms with Crippen LogP contribution in [0.2, 0.25) is 0 Å². The Balaban J connectivity index is 1.42. The van der Waals surface area contributed by atoms with Crippen LogP contribution in [0.5, 0.6) is 0 Å². The molecule has 1 aromatic rings. The minimum atomic E-state index is -0.268. The van der Waals surface area contributed by atoms with E-state index in [1.54, 1.807) is 24.1 Å². The number of likely N-dealkylation sites (N-methyl/N-ethyl adjacent to an activating group) is 1. The quantitative estimate of drug-likeness (QED) is 0.778. The zero-order valence-electron chi connectivity index (χ0n) is 16.9. The second kappa shape index (κ2) is 10.0. The van der Waals surface area contributed by atoms with E-state index in [1.165, 1.54) is 25.0 Å². The third-order valence-electron chi connectivity index (χ3n) is 5.97. The molecule has 2 heterocycles. The SMILES string of the molecule is CN(Cc1ccc(F)cc1)C(=O)CN1CCC(C(=O)N2CCCCCC2)CC1. The Morgan fingerprint density at radius 2 is 1.61 bits per heavy atom. The number of benzene rings is 1. The highest BCUT2D eigenvalue weighted by atomic mass is 19.1. The largest absolute Gasteiger partial charge is 0.342 e. The fraction of sp³-hybridized carbons (Fsp3) is 0.636. The van der Waals surface area contributed by atoms with Crippen molar-refractivity contribution in [3.63, 3.8) is 0 Å². The molecule has 2 fully saturated rings. The zero-order valence-corrected chi connectivity index (χ0v) is 16.9. The molecule has 2 amide bonds. The van der Waals surface area contributed by atoms with Gasteiger partial charge in [0.05, 0.1) is 6.54 Å². The van der Waals surface area contributed by atoms with Crippen LogP contribution in [0.4, 0.5) is 4.39 Å². The molecule has 0 aromatic heterocycles. The highest BCUT2D eigenvalue weighted by Gasteiger charge is 2.29. The van der Waals surface area contributed by atoms with Gasteiger partial charge >= 0.3 is 0 Å². The molecule has 0 radical (unpaired) electrons. The van der Waals surface area contributed by atoms with Crippen LogP contribution < -0.4 is 0 Å². The molecule has 0 bridgehead atoms. The molecule has 0 spiro atoms. The van der Waals surface area contributed by atoms with E-state index in [9.17, 15) is 14.0 Å². The number of halogens is 1. The number of carbonyl (C=O) groups is 2. The number of likely N-dealkylation sites (tertiary alicyclic amines) is 2. The van der Waals surface area contributed by atoms with Crippen molar-refractivity contribution in [1.82, 2.24) is 14.7 Å². The van der Waals surface area contributed by atoms with E-state index in [2.05, 4.69) is 9.80 Å². The first-order valence-corrected chi connectivity index (χ1v) is 10.5. The van der Waals surface area contributed by atoms with Gasteiger partial charge in [-0.1, -0.05) is 25.0 Å². The molecular weight excluding hydrogens is 357 g/mol. The van der Waals surface area contributed by atoms with Crippen LogP contribution in [-0.4, -0.2) is 66.3 Å². The van der Waals surface area contributed by atoms with Crippen LogP contribution in [0.15, 0.2) is 24.3 Å². The average Bonchev–Trinajstić information content (AvgIpc) is 2.99. The first-order chi connectivity index (χ1) is 13.5. The van der Waals surface area contributed by atoms with Crippen molar-refractivity contribution >= 4 is 11.8 Å². The number of hydrogen-bond donors (Lipinski definition) is 0. The molecule has 0 aliphatic carbocycles. The van der Waals surface area contributed by atoms with Gasteiger partial charge in [0.25, 0.3) is 0 Å². The van der Waals surface area contributed by atoms with E-state index < -0.39 is 0 Å². The highest BCUT2D eigenvalue weighted by Crippen LogP contribution is 2.22. The number of carbonyl (C=O) groups excluding carboxylic acids is 2. The Bertz CT molecular complexity index is 648. The summed E-state index contributed by atoms with van der Waals surface area (Å²) in [5, 5.41) is 0. The third kappa shape index (κ3) is 5.77. The van der Waals surface area contributed by atoms with E-state index >= 15 is 0 Å². The molecule has 5 nitrogen and oxygen atoms in total. The standard InChI is InChI=1S/C22H32FN3O2/c1-24(16-18-6-8-20(23)9-7-18)21(27)17-25-14-10-19(11-15-25)22(28)26-12-4-2-3-5-13-26/h6-9,19H,2-5,10-17H2,1H3. The predicted octanol–water partition coefficient (Wildman–Crippen LogP) is 2.90. The van der Waals surface area contributed by atoms with Gasteiger partial charge in [0.1, 0.15) is 5.82 Å². The second-order valence-electron chi connectivity index (χ2n) is 8.17. The van der Waals surface area contributed by atoms with Crippen molar-refractivity contribution in [3.8, 4) is 0 Å². The summed E-state index contributed by atoms with van der Waals surface area (Å²) in [5.74, 6) is 0.222. The molecule has 0 atom stereocenters. The van der Waals surface area contributed by atoms with Crippen molar-refractivity contribution < 1.29 is 14.0 Å². The Labute approximate surface area is 167 Å². The molecule has 2 aliphatic heterocycles. The Morgan fingerprint density at radius 3 is 2.21 bits per heavy atom. The van der Waals surface area contributed by atoms with Gasteiger partial charge < -0.3 is 9.80 Å². The van der Waals surface area contributed by atoms with Crippen LogP contribution >= 0.6 is 0 Å². The fourth-order valence-corrected chi connectivity index (χ4v) is 4.15. The number of piperidine rings is 1. The number of nitrogens with zero attached hydrogens (tertiary/aromatic N) is 3. The van der Waals surface area contributed by atoms with E-state index in [0.717, 1.165) is 57.4 Å².